The standard InChI is InChI=1S/C12H22O4S/c1-3-9(4-2)7-11(12(13)14)10-5-6-17(15,16)8-10/h9-11H,3-8H2,1-2H3,(H,13,14). The molecule has 1 aliphatic rings. The Morgan fingerprint density at radius 2 is 1.94 bits per heavy atom. The second-order valence-corrected chi connectivity index (χ2v) is 7.25. The number of sulfone groups is 1. The molecule has 1 heterocycles. The first-order chi connectivity index (χ1) is 7.89. The summed E-state index contributed by atoms with van der Waals surface area (Å²) in [5, 5.41) is 9.25. The lowest BCUT2D eigenvalue weighted by atomic mass is 9.82. The first-order valence-electron chi connectivity index (χ1n) is 6.32. The van der Waals surface area contributed by atoms with E-state index in [2.05, 4.69) is 13.8 Å². The lowest BCUT2D eigenvalue weighted by molar-refractivity contribution is -0.144. The Balaban J connectivity index is 2.70. The number of carboxylic acid groups (broad SMARTS) is 1. The van der Waals surface area contributed by atoms with Crippen LogP contribution in [0.1, 0.15) is 39.5 Å². The van der Waals surface area contributed by atoms with Gasteiger partial charge in [0.15, 0.2) is 9.84 Å². The highest BCUT2D eigenvalue weighted by Crippen LogP contribution is 2.32. The fraction of sp³-hybridized carbons (Fsp3) is 0.917. The van der Waals surface area contributed by atoms with Gasteiger partial charge in [0.1, 0.15) is 0 Å². The maximum atomic E-state index is 11.4. The molecule has 5 heteroatoms. The van der Waals surface area contributed by atoms with Crippen molar-refractivity contribution in [2.24, 2.45) is 17.8 Å². The summed E-state index contributed by atoms with van der Waals surface area (Å²) in [5.41, 5.74) is 0. The molecule has 2 atom stereocenters. The van der Waals surface area contributed by atoms with Gasteiger partial charge in [0.05, 0.1) is 17.4 Å². The molecule has 0 bridgehead atoms. The summed E-state index contributed by atoms with van der Waals surface area (Å²) in [4.78, 5) is 11.3. The number of carboxylic acids is 1. The minimum absolute atomic E-state index is 0.0596. The number of hydrogen-bond acceptors (Lipinski definition) is 3. The van der Waals surface area contributed by atoms with Crippen molar-refractivity contribution in [1.29, 1.82) is 0 Å². The van der Waals surface area contributed by atoms with Gasteiger partial charge in [0.2, 0.25) is 0 Å². The SMILES string of the molecule is CCC(CC)CC(C(=O)O)C1CCS(=O)(=O)C1. The van der Waals surface area contributed by atoms with Gasteiger partial charge in [0, 0.05) is 0 Å². The molecular formula is C12H22O4S. The Bertz CT molecular complexity index is 357. The zero-order chi connectivity index (χ0) is 13.1. The summed E-state index contributed by atoms with van der Waals surface area (Å²) in [7, 11) is -2.99. The van der Waals surface area contributed by atoms with Gasteiger partial charge in [-0.25, -0.2) is 8.42 Å². The van der Waals surface area contributed by atoms with E-state index >= 15 is 0 Å². The summed E-state index contributed by atoms with van der Waals surface area (Å²) in [5.74, 6) is -0.900. The van der Waals surface area contributed by atoms with Crippen molar-refractivity contribution in [3.63, 3.8) is 0 Å². The Kier molecular flexibility index (Phi) is 4.98. The predicted molar refractivity (Wildman–Crippen MR) is 66.6 cm³/mol. The van der Waals surface area contributed by atoms with Crippen LogP contribution in [-0.2, 0) is 14.6 Å². The molecule has 1 rings (SSSR count). The number of rotatable bonds is 6. The van der Waals surface area contributed by atoms with E-state index in [-0.39, 0.29) is 17.4 Å². The van der Waals surface area contributed by atoms with E-state index in [0.29, 0.717) is 18.8 Å². The maximum absolute atomic E-state index is 11.4. The maximum Gasteiger partial charge on any atom is 0.306 e. The van der Waals surface area contributed by atoms with Crippen LogP contribution in [0.5, 0.6) is 0 Å². The number of hydrogen-bond donors (Lipinski definition) is 1. The summed E-state index contributed by atoms with van der Waals surface area (Å²) in [6.45, 7) is 4.11. The van der Waals surface area contributed by atoms with Crippen molar-refractivity contribution < 1.29 is 18.3 Å². The van der Waals surface area contributed by atoms with Crippen LogP contribution >= 0.6 is 0 Å². The van der Waals surface area contributed by atoms with Gasteiger partial charge in [-0.1, -0.05) is 26.7 Å². The fourth-order valence-corrected chi connectivity index (χ4v) is 4.50. The molecule has 0 aromatic heterocycles. The van der Waals surface area contributed by atoms with Gasteiger partial charge in [-0.3, -0.25) is 4.79 Å². The molecule has 1 aliphatic heterocycles. The summed E-state index contributed by atoms with van der Waals surface area (Å²) >= 11 is 0. The lowest BCUT2D eigenvalue weighted by Gasteiger charge is -2.22. The van der Waals surface area contributed by atoms with E-state index in [1.54, 1.807) is 0 Å². The largest absolute Gasteiger partial charge is 0.481 e. The molecule has 100 valence electrons. The molecule has 0 aromatic carbocycles. The van der Waals surface area contributed by atoms with Crippen LogP contribution in [0.4, 0.5) is 0 Å². The molecule has 2 unspecified atom stereocenters. The second kappa shape index (κ2) is 5.85. The third-order valence-corrected chi connectivity index (χ3v) is 5.69. The minimum atomic E-state index is -2.99. The highest BCUT2D eigenvalue weighted by atomic mass is 32.2. The topological polar surface area (TPSA) is 71.4 Å². The lowest BCUT2D eigenvalue weighted by Crippen LogP contribution is -2.27. The molecule has 0 radical (unpaired) electrons. The second-order valence-electron chi connectivity index (χ2n) is 5.03. The predicted octanol–water partition coefficient (Wildman–Crippen LogP) is 1.95. The first-order valence-corrected chi connectivity index (χ1v) is 8.15. The van der Waals surface area contributed by atoms with Crippen LogP contribution in [0.15, 0.2) is 0 Å². The van der Waals surface area contributed by atoms with Crippen molar-refractivity contribution in [3.8, 4) is 0 Å². The minimum Gasteiger partial charge on any atom is -0.481 e. The van der Waals surface area contributed by atoms with Crippen molar-refractivity contribution >= 4 is 15.8 Å². The molecule has 0 saturated carbocycles. The Labute approximate surface area is 103 Å². The van der Waals surface area contributed by atoms with Crippen LogP contribution in [0.2, 0.25) is 0 Å². The van der Waals surface area contributed by atoms with Crippen LogP contribution in [-0.4, -0.2) is 31.0 Å². The fourth-order valence-electron chi connectivity index (χ4n) is 2.62. The van der Waals surface area contributed by atoms with Crippen LogP contribution in [0, 0.1) is 17.8 Å². The molecule has 0 aromatic rings. The average molecular weight is 262 g/mol. The van der Waals surface area contributed by atoms with Crippen molar-refractivity contribution in [2.75, 3.05) is 11.5 Å². The zero-order valence-corrected chi connectivity index (χ0v) is 11.4. The summed E-state index contributed by atoms with van der Waals surface area (Å²) < 4.78 is 22.8. The third kappa shape index (κ3) is 3.98. The van der Waals surface area contributed by atoms with Crippen molar-refractivity contribution in [1.82, 2.24) is 0 Å². The summed E-state index contributed by atoms with van der Waals surface area (Å²) in [6.07, 6.45) is 3.04. The number of carbonyl (C=O) groups is 1. The van der Waals surface area contributed by atoms with E-state index in [4.69, 9.17) is 0 Å². The Morgan fingerprint density at radius 1 is 1.35 bits per heavy atom. The highest BCUT2D eigenvalue weighted by Gasteiger charge is 2.37. The number of aliphatic carboxylic acids is 1. The van der Waals surface area contributed by atoms with Crippen LogP contribution < -0.4 is 0 Å². The van der Waals surface area contributed by atoms with E-state index in [9.17, 15) is 18.3 Å². The van der Waals surface area contributed by atoms with Gasteiger partial charge in [-0.05, 0) is 24.7 Å². The molecule has 0 aliphatic carbocycles. The van der Waals surface area contributed by atoms with E-state index in [1.165, 1.54) is 0 Å². The molecule has 0 amide bonds. The van der Waals surface area contributed by atoms with E-state index in [1.807, 2.05) is 0 Å². The quantitative estimate of drug-likeness (QED) is 0.794. The Hall–Kier alpha value is -0.580. The molecule has 17 heavy (non-hydrogen) atoms. The van der Waals surface area contributed by atoms with E-state index < -0.39 is 21.7 Å². The normalized spacial score (nSPS) is 25.0. The monoisotopic (exact) mass is 262 g/mol. The average Bonchev–Trinajstić information content (AvgIpc) is 2.60. The van der Waals surface area contributed by atoms with Gasteiger partial charge in [0.25, 0.3) is 0 Å². The molecule has 1 fully saturated rings. The molecular weight excluding hydrogens is 240 g/mol. The van der Waals surface area contributed by atoms with Crippen LogP contribution in [0.25, 0.3) is 0 Å². The van der Waals surface area contributed by atoms with Crippen LogP contribution in [0.3, 0.4) is 0 Å². The van der Waals surface area contributed by atoms with Crippen molar-refractivity contribution in [3.05, 3.63) is 0 Å². The van der Waals surface area contributed by atoms with Gasteiger partial charge < -0.3 is 5.11 Å². The van der Waals surface area contributed by atoms with Gasteiger partial charge in [-0.15, -0.1) is 0 Å². The first kappa shape index (κ1) is 14.5. The molecule has 1 saturated heterocycles. The highest BCUT2D eigenvalue weighted by molar-refractivity contribution is 7.91. The third-order valence-electron chi connectivity index (χ3n) is 3.90. The van der Waals surface area contributed by atoms with E-state index in [0.717, 1.165) is 12.8 Å². The summed E-state index contributed by atoms with van der Waals surface area (Å²) in [6, 6.07) is 0. The molecule has 1 N–H and O–H groups in total. The Morgan fingerprint density at radius 3 is 2.29 bits per heavy atom. The van der Waals surface area contributed by atoms with Gasteiger partial charge in [-0.2, -0.15) is 0 Å². The van der Waals surface area contributed by atoms with Crippen molar-refractivity contribution in [2.45, 2.75) is 39.5 Å². The smallest absolute Gasteiger partial charge is 0.306 e. The molecule has 4 nitrogen and oxygen atoms in total. The van der Waals surface area contributed by atoms with Gasteiger partial charge >= 0.3 is 5.97 Å². The molecule has 0 spiro atoms. The zero-order valence-electron chi connectivity index (χ0n) is 10.6.